The van der Waals surface area contributed by atoms with E-state index in [4.69, 9.17) is 15.2 Å². The molecule has 4 heteroatoms. The first-order valence-corrected chi connectivity index (χ1v) is 6.74. The highest BCUT2D eigenvalue weighted by Gasteiger charge is 2.06. The molecule has 1 atom stereocenters. The Morgan fingerprint density at radius 2 is 1.84 bits per heavy atom. The van der Waals surface area contributed by atoms with Crippen LogP contribution in [0.25, 0.3) is 0 Å². The molecule has 19 heavy (non-hydrogen) atoms. The van der Waals surface area contributed by atoms with Crippen LogP contribution in [-0.4, -0.2) is 26.8 Å². The lowest BCUT2D eigenvalue weighted by molar-refractivity contribution is 0.354. The monoisotopic (exact) mass is 266 g/mol. The smallest absolute Gasteiger partial charge is 0.161 e. The SMILES string of the molecule is COc1ccc(CNCC(N)CC(C)C)cc1OC. The number of methoxy groups -OCH3 is 2. The second-order valence-corrected chi connectivity index (χ2v) is 5.21. The molecule has 108 valence electrons. The predicted octanol–water partition coefficient (Wildman–Crippen LogP) is 2.17. The van der Waals surface area contributed by atoms with Crippen molar-refractivity contribution in [2.75, 3.05) is 20.8 Å². The molecule has 4 nitrogen and oxygen atoms in total. The van der Waals surface area contributed by atoms with Crippen LogP contribution in [-0.2, 0) is 6.54 Å². The molecule has 0 fully saturated rings. The van der Waals surface area contributed by atoms with E-state index in [1.54, 1.807) is 14.2 Å². The maximum atomic E-state index is 6.03. The normalized spacial score (nSPS) is 12.5. The van der Waals surface area contributed by atoms with Crippen LogP contribution in [0.3, 0.4) is 0 Å². The Labute approximate surface area is 116 Å². The second-order valence-electron chi connectivity index (χ2n) is 5.21. The molecule has 1 rings (SSSR count). The summed E-state index contributed by atoms with van der Waals surface area (Å²) in [6.07, 6.45) is 1.04. The lowest BCUT2D eigenvalue weighted by Crippen LogP contribution is -2.34. The molecule has 1 aromatic carbocycles. The van der Waals surface area contributed by atoms with Crippen molar-refractivity contribution in [3.05, 3.63) is 23.8 Å². The molecule has 1 aromatic rings. The summed E-state index contributed by atoms with van der Waals surface area (Å²) < 4.78 is 10.5. The number of nitrogens with two attached hydrogens (primary N) is 1. The summed E-state index contributed by atoms with van der Waals surface area (Å²) in [4.78, 5) is 0. The average molecular weight is 266 g/mol. The molecule has 0 aliphatic carbocycles. The molecule has 0 aliphatic rings. The molecule has 0 saturated carbocycles. The summed E-state index contributed by atoms with van der Waals surface area (Å²) in [7, 11) is 3.29. The maximum Gasteiger partial charge on any atom is 0.161 e. The van der Waals surface area contributed by atoms with Crippen molar-refractivity contribution in [3.8, 4) is 11.5 Å². The Hall–Kier alpha value is -1.26. The summed E-state index contributed by atoms with van der Waals surface area (Å²) in [5.74, 6) is 2.15. The van der Waals surface area contributed by atoms with E-state index >= 15 is 0 Å². The zero-order chi connectivity index (χ0) is 14.3. The first kappa shape index (κ1) is 15.8. The van der Waals surface area contributed by atoms with Gasteiger partial charge in [-0.15, -0.1) is 0 Å². The fraction of sp³-hybridized carbons (Fsp3) is 0.600. The zero-order valence-electron chi connectivity index (χ0n) is 12.4. The Kier molecular flexibility index (Phi) is 6.67. The molecule has 0 bridgehead atoms. The van der Waals surface area contributed by atoms with Crippen LogP contribution in [0.2, 0.25) is 0 Å². The van der Waals surface area contributed by atoms with Gasteiger partial charge >= 0.3 is 0 Å². The second kappa shape index (κ2) is 8.02. The van der Waals surface area contributed by atoms with E-state index in [-0.39, 0.29) is 6.04 Å². The van der Waals surface area contributed by atoms with Crippen molar-refractivity contribution in [3.63, 3.8) is 0 Å². The van der Waals surface area contributed by atoms with Gasteiger partial charge in [0.1, 0.15) is 0 Å². The fourth-order valence-corrected chi connectivity index (χ4v) is 2.08. The predicted molar refractivity (Wildman–Crippen MR) is 78.7 cm³/mol. The average Bonchev–Trinajstić information content (AvgIpc) is 2.37. The van der Waals surface area contributed by atoms with Crippen molar-refractivity contribution in [1.82, 2.24) is 5.32 Å². The molecule has 1 unspecified atom stereocenters. The van der Waals surface area contributed by atoms with E-state index in [1.165, 1.54) is 0 Å². The van der Waals surface area contributed by atoms with Gasteiger partial charge < -0.3 is 20.5 Å². The van der Waals surface area contributed by atoms with E-state index in [1.807, 2.05) is 18.2 Å². The van der Waals surface area contributed by atoms with Gasteiger partial charge in [0, 0.05) is 19.1 Å². The van der Waals surface area contributed by atoms with Crippen LogP contribution in [0.4, 0.5) is 0 Å². The first-order chi connectivity index (χ1) is 9.06. The molecule has 0 radical (unpaired) electrons. The molecule has 0 saturated heterocycles. The van der Waals surface area contributed by atoms with Crippen molar-refractivity contribution in [2.24, 2.45) is 11.7 Å². The highest BCUT2D eigenvalue weighted by Crippen LogP contribution is 2.27. The molecule has 3 N–H and O–H groups in total. The van der Waals surface area contributed by atoms with E-state index in [0.717, 1.165) is 36.6 Å². The molecule has 0 spiro atoms. The highest BCUT2D eigenvalue weighted by atomic mass is 16.5. The summed E-state index contributed by atoms with van der Waals surface area (Å²) in [5, 5.41) is 3.37. The highest BCUT2D eigenvalue weighted by molar-refractivity contribution is 5.42. The van der Waals surface area contributed by atoms with Crippen molar-refractivity contribution < 1.29 is 9.47 Å². The minimum atomic E-state index is 0.208. The van der Waals surface area contributed by atoms with E-state index in [9.17, 15) is 0 Å². The maximum absolute atomic E-state index is 6.03. The minimum Gasteiger partial charge on any atom is -0.493 e. The fourth-order valence-electron chi connectivity index (χ4n) is 2.08. The topological polar surface area (TPSA) is 56.5 Å². The van der Waals surface area contributed by atoms with Crippen LogP contribution in [0.1, 0.15) is 25.8 Å². The summed E-state index contributed by atoms with van der Waals surface area (Å²) in [5.41, 5.74) is 7.19. The summed E-state index contributed by atoms with van der Waals surface area (Å²) in [6, 6.07) is 6.14. The third-order valence-corrected chi connectivity index (χ3v) is 2.96. The van der Waals surface area contributed by atoms with Gasteiger partial charge in [-0.2, -0.15) is 0 Å². The number of hydrogen-bond acceptors (Lipinski definition) is 4. The number of hydrogen-bond donors (Lipinski definition) is 2. The van der Waals surface area contributed by atoms with E-state index in [0.29, 0.717) is 5.92 Å². The number of ether oxygens (including phenoxy) is 2. The van der Waals surface area contributed by atoms with E-state index in [2.05, 4.69) is 19.2 Å². The lowest BCUT2D eigenvalue weighted by Gasteiger charge is -2.15. The van der Waals surface area contributed by atoms with Crippen LogP contribution in [0, 0.1) is 5.92 Å². The third-order valence-electron chi connectivity index (χ3n) is 2.96. The number of benzene rings is 1. The molecule has 0 amide bonds. The van der Waals surface area contributed by atoms with Crippen molar-refractivity contribution in [2.45, 2.75) is 32.9 Å². The standard InChI is InChI=1S/C15H26N2O2/c1-11(2)7-13(16)10-17-9-12-5-6-14(18-3)15(8-12)19-4/h5-6,8,11,13,17H,7,9-10,16H2,1-4H3. The molecule has 0 heterocycles. The first-order valence-electron chi connectivity index (χ1n) is 6.74. The lowest BCUT2D eigenvalue weighted by atomic mass is 10.0. The number of rotatable bonds is 8. The summed E-state index contributed by atoms with van der Waals surface area (Å²) >= 11 is 0. The molecular formula is C15H26N2O2. The van der Waals surface area contributed by atoms with Crippen molar-refractivity contribution >= 4 is 0 Å². The van der Waals surface area contributed by atoms with Gasteiger partial charge in [-0.25, -0.2) is 0 Å². The van der Waals surface area contributed by atoms with Crippen LogP contribution in [0.15, 0.2) is 18.2 Å². The van der Waals surface area contributed by atoms with Gasteiger partial charge in [0.25, 0.3) is 0 Å². The Morgan fingerprint density at radius 1 is 1.16 bits per heavy atom. The van der Waals surface area contributed by atoms with Gasteiger partial charge in [0.05, 0.1) is 14.2 Å². The van der Waals surface area contributed by atoms with Gasteiger partial charge in [-0.1, -0.05) is 19.9 Å². The quantitative estimate of drug-likeness (QED) is 0.757. The van der Waals surface area contributed by atoms with Crippen LogP contribution < -0.4 is 20.5 Å². The molecule has 0 aromatic heterocycles. The van der Waals surface area contributed by atoms with Gasteiger partial charge in [0.15, 0.2) is 11.5 Å². The Balaban J connectivity index is 2.45. The zero-order valence-corrected chi connectivity index (χ0v) is 12.4. The third kappa shape index (κ3) is 5.49. The van der Waals surface area contributed by atoms with E-state index < -0.39 is 0 Å². The molecule has 0 aliphatic heterocycles. The van der Waals surface area contributed by atoms with Crippen LogP contribution in [0.5, 0.6) is 11.5 Å². The van der Waals surface area contributed by atoms with Crippen LogP contribution >= 0.6 is 0 Å². The van der Waals surface area contributed by atoms with Gasteiger partial charge in [-0.05, 0) is 30.0 Å². The molecular weight excluding hydrogens is 240 g/mol. The van der Waals surface area contributed by atoms with Crippen molar-refractivity contribution in [1.29, 1.82) is 0 Å². The summed E-state index contributed by atoms with van der Waals surface area (Å²) in [6.45, 7) is 5.99. The van der Waals surface area contributed by atoms with Gasteiger partial charge in [-0.3, -0.25) is 0 Å². The van der Waals surface area contributed by atoms with Gasteiger partial charge in [0.2, 0.25) is 0 Å². The number of nitrogens with one attached hydrogen (secondary N) is 1. The largest absolute Gasteiger partial charge is 0.493 e. The Morgan fingerprint density at radius 3 is 2.42 bits per heavy atom. The Bertz CT molecular complexity index is 380. The minimum absolute atomic E-state index is 0.208.